The number of cyclic esters (lactones) is 1. The fourth-order valence-electron chi connectivity index (χ4n) is 9.70. The van der Waals surface area contributed by atoms with E-state index in [0.717, 1.165) is 42.0 Å². The number of rotatable bonds is 7. The number of hydrogen-bond acceptors (Lipinski definition) is 10. The summed E-state index contributed by atoms with van der Waals surface area (Å²) in [6, 6.07) is 6.89. The first-order valence-corrected chi connectivity index (χ1v) is 23.4. The third-order valence-electron chi connectivity index (χ3n) is 13.6. The number of halogens is 3. The van der Waals surface area contributed by atoms with Gasteiger partial charge in [-0.3, -0.25) is 24.4 Å². The quantitative estimate of drug-likeness (QED) is 0.195. The van der Waals surface area contributed by atoms with Gasteiger partial charge in [-0.25, -0.2) is 5.43 Å². The second-order valence-electron chi connectivity index (χ2n) is 19.0. The first kappa shape index (κ1) is 44.9. The number of nitrogens with zero attached hydrogens (tertiary/aromatic N) is 5. The van der Waals surface area contributed by atoms with Gasteiger partial charge >= 0.3 is 12.1 Å². The fourth-order valence-corrected chi connectivity index (χ4v) is 11.4. The number of methoxy groups -OCH3 is 1. The van der Waals surface area contributed by atoms with Gasteiger partial charge in [-0.1, -0.05) is 26.8 Å². The first-order chi connectivity index (χ1) is 29.3. The number of fused-ring (bicyclic) bond motifs is 7. The summed E-state index contributed by atoms with van der Waals surface area (Å²) in [4.78, 5) is 51.6. The van der Waals surface area contributed by atoms with Crippen LogP contribution in [0.25, 0.3) is 27.9 Å². The van der Waals surface area contributed by atoms with Crippen LogP contribution in [0.4, 0.5) is 13.2 Å². The van der Waals surface area contributed by atoms with Crippen molar-refractivity contribution < 1.29 is 37.0 Å². The molecule has 1 N–H and O–H groups in total. The number of likely N-dealkylation sites (N-methyl/N-ethyl adjacent to an activating group) is 1. The summed E-state index contributed by atoms with van der Waals surface area (Å²) in [7, 11) is 9.37. The number of carbonyl (C=O) groups is 3. The van der Waals surface area contributed by atoms with E-state index in [1.165, 1.54) is 9.58 Å². The van der Waals surface area contributed by atoms with Crippen molar-refractivity contribution in [1.82, 2.24) is 29.8 Å². The molecule has 4 aliphatic heterocycles. The molecule has 2 aromatic heterocycles. The summed E-state index contributed by atoms with van der Waals surface area (Å²) in [5.41, 5.74) is 8.05. The van der Waals surface area contributed by atoms with Gasteiger partial charge in [0, 0.05) is 95.4 Å². The van der Waals surface area contributed by atoms with Crippen molar-refractivity contribution in [3.05, 3.63) is 57.8 Å². The lowest BCUT2D eigenvalue weighted by molar-refractivity contribution is -0.156. The Bertz CT molecular complexity index is 2280. The van der Waals surface area contributed by atoms with Crippen LogP contribution >= 0.6 is 11.8 Å². The Morgan fingerprint density at radius 1 is 1.13 bits per heavy atom. The van der Waals surface area contributed by atoms with Crippen LogP contribution in [0.3, 0.4) is 0 Å². The molecule has 3 aromatic rings. The standard InChI is InChI=1S/C46H58F3N6O5SSi/c1-25-17-29(25)41(56)42(62)32-20-38-53(6)37(22-61-38)28-10-11-36-30(19-28)33(21-45(3,4)24-60-44(58)35-9-8-14-55(51-35)43(32)57)40(54(36)23-46(47,48)49)31-18-27-12-15-52(5)16-13-34(27)50-39(31)26(2)59-7/h10-11,18-19,22,25-26,29,32,35,38,42,51H,8-9,12-17,20-21,23-24H2,1-7H3/t25-,26-,29-,32+,35-,38?,42+/m0/s1. The van der Waals surface area contributed by atoms with Crippen LogP contribution in [-0.4, -0.2) is 117 Å². The topological polar surface area (TPSA) is 109 Å². The van der Waals surface area contributed by atoms with Gasteiger partial charge in [0.05, 0.1) is 35.2 Å². The second-order valence-corrected chi connectivity index (χ2v) is 20.7. The molecule has 6 heterocycles. The van der Waals surface area contributed by atoms with Gasteiger partial charge in [-0.15, -0.1) is 11.8 Å². The molecular weight excluding hydrogens is 834 g/mol. The van der Waals surface area contributed by atoms with Crippen LogP contribution in [0.2, 0.25) is 5.54 Å². The van der Waals surface area contributed by atoms with E-state index in [1.54, 1.807) is 24.9 Å². The van der Waals surface area contributed by atoms with Crippen molar-refractivity contribution in [2.75, 3.05) is 47.4 Å². The molecule has 62 heavy (non-hydrogen) atoms. The number of carbonyl (C=O) groups excluding carboxylic acids is 3. The molecule has 7 atom stereocenters. The van der Waals surface area contributed by atoms with Crippen LogP contribution in [0, 0.1) is 23.2 Å². The predicted octanol–water partition coefficient (Wildman–Crippen LogP) is 7.12. The Hall–Kier alpha value is -3.70. The number of Topliss-reactive ketones (excluding diaryl/α,β-unsaturated/α-hetero) is 1. The highest BCUT2D eigenvalue weighted by Crippen LogP contribution is 2.47. The van der Waals surface area contributed by atoms with E-state index in [9.17, 15) is 27.6 Å². The molecule has 1 unspecified atom stereocenters. The Kier molecular flexibility index (Phi) is 12.6. The fraction of sp³-hybridized carbons (Fsp3) is 0.609. The van der Waals surface area contributed by atoms with Crippen molar-refractivity contribution in [3.8, 4) is 11.3 Å². The van der Waals surface area contributed by atoms with Crippen molar-refractivity contribution in [2.45, 2.75) is 108 Å². The molecule has 2 fully saturated rings. The van der Waals surface area contributed by atoms with Gasteiger partial charge in [0.2, 0.25) is 5.91 Å². The summed E-state index contributed by atoms with van der Waals surface area (Å²) in [5.74, 6) is -1.31. The summed E-state index contributed by atoms with van der Waals surface area (Å²) >= 11 is 1.56. The smallest absolute Gasteiger partial charge is 0.406 e. The van der Waals surface area contributed by atoms with Crippen molar-refractivity contribution in [1.29, 1.82) is 0 Å². The number of amides is 1. The van der Waals surface area contributed by atoms with Crippen LogP contribution in [0.5, 0.6) is 0 Å². The highest BCUT2D eigenvalue weighted by atomic mass is 32.2. The number of ether oxygens (including phenoxy) is 2. The molecule has 3 radical (unpaired) electrons. The lowest BCUT2D eigenvalue weighted by Gasteiger charge is -2.38. The molecule has 333 valence electrons. The molecule has 1 amide bonds. The molecule has 8 rings (SSSR count). The Balaban J connectivity index is 1.30. The molecule has 1 aromatic carbocycles. The Morgan fingerprint density at radius 3 is 2.58 bits per heavy atom. The van der Waals surface area contributed by atoms with E-state index >= 15 is 0 Å². The number of hydrazine groups is 1. The van der Waals surface area contributed by atoms with Gasteiger partial charge in [0.1, 0.15) is 18.4 Å². The first-order valence-electron chi connectivity index (χ1n) is 21.9. The second kappa shape index (κ2) is 17.4. The highest BCUT2D eigenvalue weighted by Gasteiger charge is 2.47. The summed E-state index contributed by atoms with van der Waals surface area (Å²) in [6.07, 6.45) is -1.23. The molecular formula is C46H58F3N6O5SSi. The number of aromatic nitrogens is 2. The summed E-state index contributed by atoms with van der Waals surface area (Å²) in [6.45, 7) is 8.59. The molecule has 1 saturated heterocycles. The average molecular weight is 892 g/mol. The Morgan fingerprint density at radius 2 is 1.87 bits per heavy atom. The molecule has 6 bridgehead atoms. The van der Waals surface area contributed by atoms with Crippen molar-refractivity contribution in [3.63, 3.8) is 0 Å². The third kappa shape index (κ3) is 9.00. The molecule has 5 aliphatic rings. The molecule has 11 nitrogen and oxygen atoms in total. The van der Waals surface area contributed by atoms with Gasteiger partial charge < -0.3 is 23.8 Å². The number of thioether (sulfide) groups is 1. The van der Waals surface area contributed by atoms with E-state index in [2.05, 4.69) is 32.5 Å². The minimum absolute atomic E-state index is 0.0147. The van der Waals surface area contributed by atoms with Crippen LogP contribution < -0.4 is 5.43 Å². The SMILES string of the molecule is CO[C@@H](C)c1nc2c(cc1-c1c3c4cc(ccc4n1CC(F)(F)F)C1=CSC(C[C@H]([C@@H]([Si])C(=O)[C@H]4C[C@@H]4C)C(=O)N4CCC[C@H](N4)C(=O)OCC(C)(C)C3)N1C)CCN(C)CC2. The monoisotopic (exact) mass is 891 g/mol. The van der Waals surface area contributed by atoms with Crippen LogP contribution in [-0.2, 0) is 49.7 Å². The van der Waals surface area contributed by atoms with Gasteiger partial charge in [0.25, 0.3) is 0 Å². The van der Waals surface area contributed by atoms with Crippen molar-refractivity contribution in [2.24, 2.45) is 23.2 Å². The van der Waals surface area contributed by atoms with Gasteiger partial charge in [-0.2, -0.15) is 13.2 Å². The molecule has 0 spiro atoms. The van der Waals surface area contributed by atoms with Crippen molar-refractivity contribution >= 4 is 56.3 Å². The lowest BCUT2D eigenvalue weighted by Crippen LogP contribution is -2.57. The maximum absolute atomic E-state index is 14.9. The highest BCUT2D eigenvalue weighted by molar-refractivity contribution is 8.03. The zero-order valence-corrected chi connectivity index (χ0v) is 38.5. The zero-order chi connectivity index (χ0) is 44.4. The average Bonchev–Trinajstić information content (AvgIpc) is 3.83. The largest absolute Gasteiger partial charge is 0.464 e. The number of hydrogen-bond donors (Lipinski definition) is 1. The van der Waals surface area contributed by atoms with Gasteiger partial charge in [-0.05, 0) is 98.7 Å². The number of nitrogens with one attached hydrogen (secondary N) is 1. The summed E-state index contributed by atoms with van der Waals surface area (Å²) in [5, 5.41) is 3.98. The normalized spacial score (nSPS) is 27.0. The van der Waals surface area contributed by atoms with E-state index < -0.39 is 47.7 Å². The van der Waals surface area contributed by atoms with E-state index in [-0.39, 0.29) is 41.9 Å². The van der Waals surface area contributed by atoms with Crippen LogP contribution in [0.1, 0.15) is 87.6 Å². The number of pyridine rings is 1. The number of esters is 1. The lowest BCUT2D eigenvalue weighted by atomic mass is 9.84. The number of ketones is 1. The Labute approximate surface area is 369 Å². The van der Waals surface area contributed by atoms with E-state index in [1.807, 2.05) is 58.3 Å². The third-order valence-corrected chi connectivity index (χ3v) is 15.5. The minimum Gasteiger partial charge on any atom is -0.464 e. The van der Waals surface area contributed by atoms with Gasteiger partial charge in [0.15, 0.2) is 0 Å². The molecule has 1 saturated carbocycles. The number of alkyl halides is 3. The van der Waals surface area contributed by atoms with E-state index in [0.29, 0.717) is 72.1 Å². The van der Waals surface area contributed by atoms with E-state index in [4.69, 9.17) is 14.5 Å². The molecule has 16 heteroatoms. The zero-order valence-electron chi connectivity index (χ0n) is 36.7. The summed E-state index contributed by atoms with van der Waals surface area (Å²) < 4.78 is 58.1. The maximum atomic E-state index is 14.9. The van der Waals surface area contributed by atoms with Crippen LogP contribution in [0.15, 0.2) is 29.7 Å². The minimum atomic E-state index is -4.55. The maximum Gasteiger partial charge on any atom is 0.406 e. The molecule has 1 aliphatic carbocycles. The predicted molar refractivity (Wildman–Crippen MR) is 235 cm³/mol. The number of benzene rings is 1.